The van der Waals surface area contributed by atoms with E-state index in [0.29, 0.717) is 22.9 Å². The summed E-state index contributed by atoms with van der Waals surface area (Å²) in [6, 6.07) is 0. The van der Waals surface area contributed by atoms with Gasteiger partial charge in [0.1, 0.15) is 6.10 Å². The summed E-state index contributed by atoms with van der Waals surface area (Å²) < 4.78 is 11.9. The fraction of sp³-hybridized carbons (Fsp3) is 0.889. The van der Waals surface area contributed by atoms with Crippen LogP contribution in [0.1, 0.15) is 98.8 Å². The van der Waals surface area contributed by atoms with Gasteiger partial charge in [0.25, 0.3) is 0 Å². The summed E-state index contributed by atoms with van der Waals surface area (Å²) >= 11 is 0. The Morgan fingerprint density at radius 3 is 2.37 bits per heavy atom. The zero-order valence-electron chi connectivity index (χ0n) is 20.0. The van der Waals surface area contributed by atoms with Gasteiger partial charge in [-0.15, -0.1) is 0 Å². The molecule has 3 nitrogen and oxygen atoms in total. The van der Waals surface area contributed by atoms with Gasteiger partial charge in [-0.3, -0.25) is 4.79 Å². The fourth-order valence-electron chi connectivity index (χ4n) is 8.92. The van der Waals surface area contributed by atoms with Crippen LogP contribution >= 0.6 is 0 Å². The van der Waals surface area contributed by atoms with Gasteiger partial charge in [0.05, 0.1) is 11.9 Å². The van der Waals surface area contributed by atoms with Crippen LogP contribution in [0.4, 0.5) is 0 Å². The first-order chi connectivity index (χ1) is 14.2. The van der Waals surface area contributed by atoms with Crippen molar-refractivity contribution in [1.29, 1.82) is 0 Å². The molecular weight excluding hydrogens is 372 g/mol. The van der Waals surface area contributed by atoms with Crippen LogP contribution in [0.25, 0.3) is 0 Å². The largest absolute Gasteiger partial charge is 0.496 e. The van der Waals surface area contributed by atoms with Crippen LogP contribution in [0.15, 0.2) is 12.3 Å². The molecule has 0 amide bonds. The van der Waals surface area contributed by atoms with Gasteiger partial charge in [-0.05, 0) is 106 Å². The number of ether oxygens (including phenoxy) is 2. The Bertz CT molecular complexity index is 671. The van der Waals surface area contributed by atoms with E-state index >= 15 is 0 Å². The first-order valence-electron chi connectivity index (χ1n) is 12.7. The van der Waals surface area contributed by atoms with E-state index in [1.807, 2.05) is 6.92 Å². The van der Waals surface area contributed by atoms with Crippen molar-refractivity contribution >= 4 is 5.97 Å². The number of allylic oxidation sites excluding steroid dienone is 1. The van der Waals surface area contributed by atoms with Crippen molar-refractivity contribution in [3.63, 3.8) is 0 Å². The van der Waals surface area contributed by atoms with Crippen molar-refractivity contribution < 1.29 is 14.3 Å². The number of carbonyl (C=O) groups excluding carboxylic acids is 1. The van der Waals surface area contributed by atoms with Gasteiger partial charge in [-0.1, -0.05) is 27.4 Å². The normalized spacial score (nSPS) is 46.2. The number of carbonyl (C=O) groups is 1. The van der Waals surface area contributed by atoms with Crippen LogP contribution in [0, 0.1) is 40.4 Å². The van der Waals surface area contributed by atoms with Crippen LogP contribution in [0.3, 0.4) is 0 Å². The van der Waals surface area contributed by atoms with Crippen molar-refractivity contribution in [3.05, 3.63) is 12.3 Å². The Hall–Kier alpha value is -0.990. The predicted octanol–water partition coefficient (Wildman–Crippen LogP) is 6.91. The molecule has 0 aromatic carbocycles. The maximum absolute atomic E-state index is 11.7. The molecule has 0 aliphatic heterocycles. The minimum absolute atomic E-state index is 0.107. The lowest BCUT2D eigenvalue weighted by molar-refractivity contribution is -0.158. The van der Waals surface area contributed by atoms with Crippen molar-refractivity contribution in [2.75, 3.05) is 0 Å². The van der Waals surface area contributed by atoms with E-state index in [1.165, 1.54) is 57.8 Å². The maximum atomic E-state index is 11.7. The summed E-state index contributed by atoms with van der Waals surface area (Å²) in [4.78, 5) is 11.7. The molecule has 0 bridgehead atoms. The topological polar surface area (TPSA) is 35.5 Å². The lowest BCUT2D eigenvalue weighted by atomic mass is 9.44. The second-order valence-electron chi connectivity index (χ2n) is 11.7. The highest BCUT2D eigenvalue weighted by molar-refractivity contribution is 5.66. The standard InChI is InChI=1S/C27H44O3/c1-7-25(30-18(4)28)24-11-10-22-21-9-8-19-16-20(29-17(2)3)12-14-26(19,5)23(21)13-15-27(22,24)6/h19-25H,2,7-16H2,1,3-6H3/t19?,20?,21?,22?,23?,24?,25?,26-,27?/m0/s1. The SMILES string of the molecule is C=C(C)OC1CC[C@@]2(C)C(CCC3C4CCC(C(CC)OC(C)=O)C4(C)CCC32)C1. The molecule has 0 spiro atoms. The van der Waals surface area contributed by atoms with Crippen LogP contribution in [-0.2, 0) is 14.3 Å². The van der Waals surface area contributed by atoms with Gasteiger partial charge in [0.15, 0.2) is 0 Å². The van der Waals surface area contributed by atoms with Gasteiger partial charge in [0.2, 0.25) is 0 Å². The van der Waals surface area contributed by atoms with Gasteiger partial charge in [0, 0.05) is 12.8 Å². The van der Waals surface area contributed by atoms with Gasteiger partial charge in [-0.2, -0.15) is 0 Å². The van der Waals surface area contributed by atoms with Crippen molar-refractivity contribution in [3.8, 4) is 0 Å². The lowest BCUT2D eigenvalue weighted by Crippen LogP contribution is -2.54. The number of hydrogen-bond donors (Lipinski definition) is 0. The lowest BCUT2D eigenvalue weighted by Gasteiger charge is -2.61. The van der Waals surface area contributed by atoms with Gasteiger partial charge < -0.3 is 9.47 Å². The van der Waals surface area contributed by atoms with E-state index in [4.69, 9.17) is 9.47 Å². The molecule has 4 aliphatic rings. The van der Waals surface area contributed by atoms with Crippen molar-refractivity contribution in [1.82, 2.24) is 0 Å². The Kier molecular flexibility index (Phi) is 6.05. The zero-order chi connectivity index (χ0) is 21.7. The smallest absolute Gasteiger partial charge is 0.302 e. The summed E-state index contributed by atoms with van der Waals surface area (Å²) in [7, 11) is 0. The first-order valence-corrected chi connectivity index (χ1v) is 12.7. The number of hydrogen-bond acceptors (Lipinski definition) is 3. The molecule has 9 atom stereocenters. The van der Waals surface area contributed by atoms with Crippen molar-refractivity contribution in [2.24, 2.45) is 40.4 Å². The third-order valence-corrected chi connectivity index (χ3v) is 10.2. The first kappa shape index (κ1) is 22.2. The summed E-state index contributed by atoms with van der Waals surface area (Å²) in [5.41, 5.74) is 0.831. The molecule has 4 fully saturated rings. The van der Waals surface area contributed by atoms with E-state index in [0.717, 1.165) is 35.9 Å². The second-order valence-corrected chi connectivity index (χ2v) is 11.7. The Morgan fingerprint density at radius 1 is 1.00 bits per heavy atom. The van der Waals surface area contributed by atoms with E-state index in [1.54, 1.807) is 6.92 Å². The highest BCUT2D eigenvalue weighted by Gasteiger charge is 2.61. The number of esters is 1. The summed E-state index contributed by atoms with van der Waals surface area (Å²) in [6.45, 7) is 14.9. The zero-order valence-corrected chi connectivity index (χ0v) is 20.0. The molecule has 30 heavy (non-hydrogen) atoms. The summed E-state index contributed by atoms with van der Waals surface area (Å²) in [5, 5.41) is 0. The summed E-state index contributed by atoms with van der Waals surface area (Å²) in [5.74, 6) is 4.67. The van der Waals surface area contributed by atoms with Crippen LogP contribution in [-0.4, -0.2) is 18.2 Å². The van der Waals surface area contributed by atoms with Crippen molar-refractivity contribution in [2.45, 2.75) is 111 Å². The van der Waals surface area contributed by atoms with E-state index in [-0.39, 0.29) is 12.1 Å². The Morgan fingerprint density at radius 2 is 1.70 bits per heavy atom. The van der Waals surface area contributed by atoms with E-state index < -0.39 is 0 Å². The second kappa shape index (κ2) is 8.17. The fourth-order valence-corrected chi connectivity index (χ4v) is 8.92. The molecule has 4 rings (SSSR count). The third-order valence-electron chi connectivity index (χ3n) is 10.2. The summed E-state index contributed by atoms with van der Waals surface area (Å²) in [6.07, 6.45) is 13.2. The van der Waals surface area contributed by atoms with Gasteiger partial charge in [-0.25, -0.2) is 0 Å². The Balaban J connectivity index is 1.51. The quantitative estimate of drug-likeness (QED) is 0.361. The maximum Gasteiger partial charge on any atom is 0.302 e. The molecule has 0 aromatic rings. The molecule has 0 heterocycles. The van der Waals surface area contributed by atoms with E-state index in [2.05, 4.69) is 27.4 Å². The third kappa shape index (κ3) is 3.62. The molecule has 4 aliphatic carbocycles. The van der Waals surface area contributed by atoms with Crippen LogP contribution < -0.4 is 0 Å². The monoisotopic (exact) mass is 416 g/mol. The average Bonchev–Trinajstić information content (AvgIpc) is 3.03. The Labute approximate surface area is 184 Å². The number of rotatable bonds is 5. The molecule has 0 saturated heterocycles. The highest BCUT2D eigenvalue weighted by Crippen LogP contribution is 2.68. The molecule has 0 aromatic heterocycles. The minimum Gasteiger partial charge on any atom is -0.496 e. The molecule has 170 valence electrons. The van der Waals surface area contributed by atoms with Crippen LogP contribution in [0.2, 0.25) is 0 Å². The number of fused-ring (bicyclic) bond motifs is 5. The minimum atomic E-state index is -0.107. The predicted molar refractivity (Wildman–Crippen MR) is 121 cm³/mol. The van der Waals surface area contributed by atoms with E-state index in [9.17, 15) is 4.79 Å². The molecule has 3 heteroatoms. The molecule has 8 unspecified atom stereocenters. The molecule has 0 radical (unpaired) electrons. The van der Waals surface area contributed by atoms with Gasteiger partial charge >= 0.3 is 5.97 Å². The molecule has 4 saturated carbocycles. The average molecular weight is 417 g/mol. The molecular formula is C27H44O3. The molecule has 0 N–H and O–H groups in total. The highest BCUT2D eigenvalue weighted by atomic mass is 16.5. The van der Waals surface area contributed by atoms with Crippen LogP contribution in [0.5, 0.6) is 0 Å².